The van der Waals surface area contributed by atoms with Crippen LogP contribution in [0.15, 0.2) is 41.1 Å². The summed E-state index contributed by atoms with van der Waals surface area (Å²) in [4.78, 5) is 3.40. The van der Waals surface area contributed by atoms with Crippen LogP contribution in [0.4, 0.5) is 0 Å². The number of benzene rings is 1. The Balaban J connectivity index is 2.16. The van der Waals surface area contributed by atoms with Gasteiger partial charge < -0.3 is 9.72 Å². The molecule has 0 unspecified atom stereocenters. The first kappa shape index (κ1) is 9.48. The highest BCUT2D eigenvalue weighted by molar-refractivity contribution is 7.08. The van der Waals surface area contributed by atoms with E-state index in [9.17, 15) is 0 Å². The maximum atomic E-state index is 5.21. The molecule has 2 aromatic heterocycles. The molecule has 0 aliphatic carbocycles. The molecule has 0 aliphatic heterocycles. The van der Waals surface area contributed by atoms with Crippen LogP contribution in [0, 0.1) is 0 Å². The van der Waals surface area contributed by atoms with Crippen molar-refractivity contribution < 1.29 is 4.74 Å². The number of hydrogen-bond acceptors (Lipinski definition) is 2. The third-order valence-corrected chi connectivity index (χ3v) is 3.34. The van der Waals surface area contributed by atoms with Crippen LogP contribution in [0.3, 0.4) is 0 Å². The molecule has 1 N–H and O–H groups in total. The van der Waals surface area contributed by atoms with Gasteiger partial charge in [-0.1, -0.05) is 0 Å². The van der Waals surface area contributed by atoms with Crippen molar-refractivity contribution in [2.75, 3.05) is 7.11 Å². The minimum atomic E-state index is 0.892. The van der Waals surface area contributed by atoms with Gasteiger partial charge in [0.2, 0.25) is 0 Å². The summed E-state index contributed by atoms with van der Waals surface area (Å²) in [6.07, 6.45) is 0. The third kappa shape index (κ3) is 1.49. The summed E-state index contributed by atoms with van der Waals surface area (Å²) in [5.74, 6) is 0.892. The van der Waals surface area contributed by atoms with Gasteiger partial charge in [-0.2, -0.15) is 11.3 Å². The molecule has 0 aliphatic rings. The summed E-state index contributed by atoms with van der Waals surface area (Å²) in [6, 6.07) is 10.3. The molecule has 16 heavy (non-hydrogen) atoms. The molecular formula is C13H11NOS. The number of fused-ring (bicyclic) bond motifs is 1. The molecule has 1 aromatic carbocycles. The van der Waals surface area contributed by atoms with Gasteiger partial charge in [0.25, 0.3) is 0 Å². The van der Waals surface area contributed by atoms with Crippen LogP contribution in [-0.2, 0) is 0 Å². The van der Waals surface area contributed by atoms with Crippen LogP contribution in [0.5, 0.6) is 5.75 Å². The normalized spacial score (nSPS) is 10.8. The summed E-state index contributed by atoms with van der Waals surface area (Å²) >= 11 is 1.71. The van der Waals surface area contributed by atoms with Crippen LogP contribution in [0.1, 0.15) is 0 Å². The minimum Gasteiger partial charge on any atom is -0.497 e. The summed E-state index contributed by atoms with van der Waals surface area (Å²) in [5.41, 5.74) is 3.53. The second kappa shape index (κ2) is 3.68. The summed E-state index contributed by atoms with van der Waals surface area (Å²) < 4.78 is 5.21. The van der Waals surface area contributed by atoms with Gasteiger partial charge in [0.1, 0.15) is 5.75 Å². The standard InChI is InChI=1S/C13H11NOS/c1-15-11-2-3-12-10(6-11)7-13(14-12)9-4-5-16-8-9/h2-8,14H,1H3. The fourth-order valence-electron chi connectivity index (χ4n) is 1.81. The first-order valence-corrected chi connectivity index (χ1v) is 6.00. The van der Waals surface area contributed by atoms with Gasteiger partial charge in [-0.25, -0.2) is 0 Å². The number of rotatable bonds is 2. The average molecular weight is 229 g/mol. The van der Waals surface area contributed by atoms with E-state index in [1.165, 1.54) is 10.9 Å². The fraction of sp³-hybridized carbons (Fsp3) is 0.0769. The molecule has 0 bridgehead atoms. The molecular weight excluding hydrogens is 218 g/mol. The maximum absolute atomic E-state index is 5.21. The lowest BCUT2D eigenvalue weighted by atomic mass is 10.2. The summed E-state index contributed by atoms with van der Waals surface area (Å²) in [7, 11) is 1.69. The molecule has 0 spiro atoms. The van der Waals surface area contributed by atoms with Crippen molar-refractivity contribution in [1.29, 1.82) is 0 Å². The van der Waals surface area contributed by atoms with Gasteiger partial charge in [-0.05, 0) is 35.7 Å². The molecule has 2 nitrogen and oxygen atoms in total. The van der Waals surface area contributed by atoms with E-state index < -0.39 is 0 Å². The van der Waals surface area contributed by atoms with E-state index >= 15 is 0 Å². The quantitative estimate of drug-likeness (QED) is 0.708. The number of ether oxygens (including phenoxy) is 1. The van der Waals surface area contributed by atoms with Crippen molar-refractivity contribution in [1.82, 2.24) is 4.98 Å². The van der Waals surface area contributed by atoms with E-state index in [4.69, 9.17) is 4.74 Å². The van der Waals surface area contributed by atoms with Crippen LogP contribution >= 0.6 is 11.3 Å². The molecule has 2 heterocycles. The van der Waals surface area contributed by atoms with Crippen LogP contribution < -0.4 is 4.74 Å². The van der Waals surface area contributed by atoms with Crippen LogP contribution in [-0.4, -0.2) is 12.1 Å². The molecule has 3 rings (SSSR count). The van der Waals surface area contributed by atoms with Gasteiger partial charge in [0.05, 0.1) is 7.11 Å². The Morgan fingerprint density at radius 2 is 2.12 bits per heavy atom. The van der Waals surface area contributed by atoms with E-state index in [1.807, 2.05) is 18.2 Å². The van der Waals surface area contributed by atoms with Crippen LogP contribution in [0.2, 0.25) is 0 Å². The van der Waals surface area contributed by atoms with Gasteiger partial charge in [-0.3, -0.25) is 0 Å². The first-order valence-electron chi connectivity index (χ1n) is 5.06. The fourth-order valence-corrected chi connectivity index (χ4v) is 2.47. The Morgan fingerprint density at radius 3 is 2.88 bits per heavy atom. The second-order valence-electron chi connectivity index (χ2n) is 3.65. The lowest BCUT2D eigenvalue weighted by Crippen LogP contribution is -1.80. The third-order valence-electron chi connectivity index (χ3n) is 2.66. The maximum Gasteiger partial charge on any atom is 0.119 e. The van der Waals surface area contributed by atoms with E-state index in [2.05, 4.69) is 27.9 Å². The smallest absolute Gasteiger partial charge is 0.119 e. The lowest BCUT2D eigenvalue weighted by molar-refractivity contribution is 0.415. The lowest BCUT2D eigenvalue weighted by Gasteiger charge is -1.97. The predicted molar refractivity (Wildman–Crippen MR) is 68.2 cm³/mol. The molecule has 0 atom stereocenters. The van der Waals surface area contributed by atoms with E-state index in [0.717, 1.165) is 17.0 Å². The summed E-state index contributed by atoms with van der Waals surface area (Å²) in [5, 5.41) is 5.41. The molecule has 0 fully saturated rings. The minimum absolute atomic E-state index is 0.892. The summed E-state index contributed by atoms with van der Waals surface area (Å²) in [6.45, 7) is 0. The monoisotopic (exact) mass is 229 g/mol. The molecule has 0 saturated heterocycles. The Hall–Kier alpha value is -1.74. The Morgan fingerprint density at radius 1 is 1.19 bits per heavy atom. The van der Waals surface area contributed by atoms with Crippen molar-refractivity contribution in [2.45, 2.75) is 0 Å². The van der Waals surface area contributed by atoms with Crippen molar-refractivity contribution in [3.8, 4) is 17.0 Å². The van der Waals surface area contributed by atoms with Crippen molar-refractivity contribution in [3.05, 3.63) is 41.1 Å². The number of nitrogens with one attached hydrogen (secondary N) is 1. The topological polar surface area (TPSA) is 25.0 Å². The second-order valence-corrected chi connectivity index (χ2v) is 4.43. The van der Waals surface area contributed by atoms with Gasteiger partial charge in [-0.15, -0.1) is 0 Å². The zero-order valence-electron chi connectivity index (χ0n) is 8.86. The largest absolute Gasteiger partial charge is 0.497 e. The van der Waals surface area contributed by atoms with E-state index in [1.54, 1.807) is 18.4 Å². The van der Waals surface area contributed by atoms with Crippen LogP contribution in [0.25, 0.3) is 22.2 Å². The molecule has 3 heteroatoms. The zero-order chi connectivity index (χ0) is 11.0. The van der Waals surface area contributed by atoms with Gasteiger partial charge >= 0.3 is 0 Å². The van der Waals surface area contributed by atoms with Gasteiger partial charge in [0.15, 0.2) is 0 Å². The molecule has 0 radical (unpaired) electrons. The van der Waals surface area contributed by atoms with Crippen molar-refractivity contribution in [3.63, 3.8) is 0 Å². The average Bonchev–Trinajstić information content (AvgIpc) is 2.96. The SMILES string of the molecule is COc1ccc2[nH]c(-c3ccsc3)cc2c1. The predicted octanol–water partition coefficient (Wildman–Crippen LogP) is 3.91. The van der Waals surface area contributed by atoms with Crippen molar-refractivity contribution >= 4 is 22.2 Å². The molecule has 0 saturated carbocycles. The van der Waals surface area contributed by atoms with Crippen molar-refractivity contribution in [2.24, 2.45) is 0 Å². The van der Waals surface area contributed by atoms with Gasteiger partial charge in [0, 0.05) is 27.5 Å². The Bertz CT molecular complexity index is 610. The number of thiophene rings is 1. The highest BCUT2D eigenvalue weighted by Gasteiger charge is 2.04. The number of aromatic nitrogens is 1. The first-order chi connectivity index (χ1) is 7.86. The number of aromatic amines is 1. The highest BCUT2D eigenvalue weighted by atomic mass is 32.1. The van der Waals surface area contributed by atoms with E-state index in [0.29, 0.717) is 0 Å². The highest BCUT2D eigenvalue weighted by Crippen LogP contribution is 2.27. The Labute approximate surface area is 97.5 Å². The number of methoxy groups -OCH3 is 1. The Kier molecular flexibility index (Phi) is 2.18. The van der Waals surface area contributed by atoms with E-state index in [-0.39, 0.29) is 0 Å². The molecule has 3 aromatic rings. The number of H-pyrrole nitrogens is 1. The number of hydrogen-bond donors (Lipinski definition) is 1. The molecule has 0 amide bonds. The molecule has 80 valence electrons. The zero-order valence-corrected chi connectivity index (χ0v) is 9.67.